The molecule has 0 bridgehead atoms. The number of rotatable bonds is 7. The lowest BCUT2D eigenvalue weighted by molar-refractivity contribution is -0.277. The summed E-state index contributed by atoms with van der Waals surface area (Å²) in [5, 5.41) is 50.5. The van der Waals surface area contributed by atoms with E-state index in [0.717, 1.165) is 0 Å². The van der Waals surface area contributed by atoms with E-state index >= 15 is 0 Å². The van der Waals surface area contributed by atoms with Gasteiger partial charge >= 0.3 is 12.1 Å². The van der Waals surface area contributed by atoms with Gasteiger partial charge in [0.15, 0.2) is 0 Å². The molecule has 2 rings (SSSR count). The van der Waals surface area contributed by atoms with Crippen molar-refractivity contribution in [3.63, 3.8) is 0 Å². The number of benzene rings is 1. The standard InChI is InChI=1S/C20H29NO10/c1-20(2,3)31-19(28)21-12(17(26)27)8-10-4-6-11(7-5-10)29-18-16(25)15(24)14(23)13(9-22)30-18/h4-7,12-16,18,22-25H,8-9H2,1-3H3,(H,21,28)(H,26,27)/t12-,13+,14+,15-,16-,18-/m0/s1. The Balaban J connectivity index is 2.00. The smallest absolute Gasteiger partial charge is 0.408 e. The molecule has 11 nitrogen and oxygen atoms in total. The molecule has 1 aliphatic rings. The average molecular weight is 443 g/mol. The Labute approximate surface area is 179 Å². The highest BCUT2D eigenvalue weighted by Gasteiger charge is 2.44. The molecule has 1 amide bonds. The fourth-order valence-electron chi connectivity index (χ4n) is 2.89. The van der Waals surface area contributed by atoms with E-state index in [1.165, 1.54) is 12.1 Å². The number of ether oxygens (including phenoxy) is 3. The molecule has 0 aliphatic carbocycles. The summed E-state index contributed by atoms with van der Waals surface area (Å²) in [6, 6.07) is 4.89. The molecule has 0 radical (unpaired) electrons. The summed E-state index contributed by atoms with van der Waals surface area (Å²) in [7, 11) is 0. The first kappa shape index (κ1) is 24.8. The van der Waals surface area contributed by atoms with Gasteiger partial charge in [-0.15, -0.1) is 0 Å². The predicted octanol–water partition coefficient (Wildman–Crippen LogP) is -0.614. The normalized spacial score (nSPS) is 27.3. The highest BCUT2D eigenvalue weighted by molar-refractivity contribution is 5.80. The zero-order chi connectivity index (χ0) is 23.3. The highest BCUT2D eigenvalue weighted by Crippen LogP contribution is 2.24. The summed E-state index contributed by atoms with van der Waals surface area (Å²) >= 11 is 0. The molecule has 6 N–H and O–H groups in total. The second kappa shape index (κ2) is 10.2. The zero-order valence-electron chi connectivity index (χ0n) is 17.5. The van der Waals surface area contributed by atoms with E-state index in [9.17, 15) is 35.1 Å². The lowest BCUT2D eigenvalue weighted by Crippen LogP contribution is -2.60. The summed E-state index contributed by atoms with van der Waals surface area (Å²) in [6.07, 6.45) is -7.90. The maximum atomic E-state index is 11.9. The van der Waals surface area contributed by atoms with Gasteiger partial charge in [-0.1, -0.05) is 12.1 Å². The second-order valence-corrected chi connectivity index (χ2v) is 8.20. The van der Waals surface area contributed by atoms with Crippen LogP contribution in [0.1, 0.15) is 26.3 Å². The molecule has 0 saturated carbocycles. The van der Waals surface area contributed by atoms with Crippen LogP contribution in [-0.4, -0.2) is 86.6 Å². The van der Waals surface area contributed by atoms with E-state index in [0.29, 0.717) is 5.56 Å². The first-order valence-corrected chi connectivity index (χ1v) is 9.69. The Kier molecular flexibility index (Phi) is 8.21. The number of carboxylic acids is 1. The van der Waals surface area contributed by atoms with E-state index < -0.39 is 61.0 Å². The molecular formula is C20H29NO10. The molecule has 1 heterocycles. The van der Waals surface area contributed by atoms with Crippen LogP contribution in [-0.2, 0) is 20.7 Å². The van der Waals surface area contributed by atoms with Crippen molar-refractivity contribution in [1.29, 1.82) is 0 Å². The van der Waals surface area contributed by atoms with Crippen molar-refractivity contribution in [2.45, 2.75) is 69.5 Å². The van der Waals surface area contributed by atoms with Gasteiger partial charge in [0, 0.05) is 6.42 Å². The van der Waals surface area contributed by atoms with Gasteiger partial charge in [-0.3, -0.25) is 0 Å². The van der Waals surface area contributed by atoms with Crippen molar-refractivity contribution >= 4 is 12.1 Å². The molecule has 1 aromatic rings. The quantitative estimate of drug-likeness (QED) is 0.319. The maximum absolute atomic E-state index is 11.9. The van der Waals surface area contributed by atoms with Gasteiger partial charge in [-0.2, -0.15) is 0 Å². The van der Waals surface area contributed by atoms with Crippen LogP contribution >= 0.6 is 0 Å². The molecule has 1 aromatic carbocycles. The number of aliphatic hydroxyl groups is 4. The van der Waals surface area contributed by atoms with Crippen molar-refractivity contribution in [3.05, 3.63) is 29.8 Å². The number of aliphatic hydroxyl groups excluding tert-OH is 4. The van der Waals surface area contributed by atoms with Crippen LogP contribution in [0.5, 0.6) is 5.75 Å². The summed E-state index contributed by atoms with van der Waals surface area (Å²) in [6.45, 7) is 4.41. The van der Waals surface area contributed by atoms with E-state index in [-0.39, 0.29) is 12.2 Å². The number of nitrogens with one attached hydrogen (secondary N) is 1. The van der Waals surface area contributed by atoms with Crippen LogP contribution in [0.15, 0.2) is 24.3 Å². The van der Waals surface area contributed by atoms with Gasteiger partial charge in [0.25, 0.3) is 0 Å². The monoisotopic (exact) mass is 443 g/mol. The van der Waals surface area contributed by atoms with Gasteiger partial charge in [0.2, 0.25) is 6.29 Å². The third kappa shape index (κ3) is 7.04. The Hall–Kier alpha value is -2.44. The third-order valence-electron chi connectivity index (χ3n) is 4.45. The molecule has 0 unspecified atom stereocenters. The number of hydrogen-bond donors (Lipinski definition) is 6. The Morgan fingerprint density at radius 3 is 2.23 bits per heavy atom. The van der Waals surface area contributed by atoms with E-state index in [4.69, 9.17) is 14.2 Å². The maximum Gasteiger partial charge on any atom is 0.408 e. The molecule has 0 spiro atoms. The van der Waals surface area contributed by atoms with Crippen LogP contribution < -0.4 is 10.1 Å². The van der Waals surface area contributed by atoms with Crippen LogP contribution in [0, 0.1) is 0 Å². The van der Waals surface area contributed by atoms with Gasteiger partial charge < -0.3 is 45.1 Å². The van der Waals surface area contributed by atoms with Crippen molar-refractivity contribution in [3.8, 4) is 5.75 Å². The van der Waals surface area contributed by atoms with Crippen molar-refractivity contribution in [2.24, 2.45) is 0 Å². The Morgan fingerprint density at radius 2 is 1.71 bits per heavy atom. The number of carbonyl (C=O) groups is 2. The zero-order valence-corrected chi connectivity index (χ0v) is 17.5. The average Bonchev–Trinajstić information content (AvgIpc) is 2.67. The van der Waals surface area contributed by atoms with Gasteiger partial charge in [-0.05, 0) is 38.5 Å². The van der Waals surface area contributed by atoms with Crippen LogP contribution in [0.4, 0.5) is 4.79 Å². The molecule has 31 heavy (non-hydrogen) atoms. The second-order valence-electron chi connectivity index (χ2n) is 8.20. The number of carbonyl (C=O) groups excluding carboxylic acids is 1. The largest absolute Gasteiger partial charge is 0.480 e. The summed E-state index contributed by atoms with van der Waals surface area (Å²) in [5.41, 5.74) is -0.194. The fourth-order valence-corrected chi connectivity index (χ4v) is 2.89. The van der Waals surface area contributed by atoms with E-state index in [1.54, 1.807) is 32.9 Å². The van der Waals surface area contributed by atoms with Crippen molar-refractivity contribution < 1.29 is 49.3 Å². The summed E-state index contributed by atoms with van der Waals surface area (Å²) in [5.74, 6) is -0.993. The molecule has 1 aliphatic heterocycles. The molecule has 11 heteroatoms. The highest BCUT2D eigenvalue weighted by atomic mass is 16.7. The van der Waals surface area contributed by atoms with Gasteiger partial charge in [0.05, 0.1) is 6.61 Å². The topological polar surface area (TPSA) is 175 Å². The van der Waals surface area contributed by atoms with Crippen LogP contribution in [0.25, 0.3) is 0 Å². The number of alkyl carbamates (subject to hydrolysis) is 1. The Bertz CT molecular complexity index is 745. The van der Waals surface area contributed by atoms with Gasteiger partial charge in [0.1, 0.15) is 41.8 Å². The first-order chi connectivity index (χ1) is 14.4. The minimum absolute atomic E-state index is 0.0189. The van der Waals surface area contributed by atoms with E-state index in [2.05, 4.69) is 5.32 Å². The minimum atomic E-state index is -1.56. The van der Waals surface area contributed by atoms with Crippen LogP contribution in [0.3, 0.4) is 0 Å². The molecule has 174 valence electrons. The molecule has 6 atom stereocenters. The number of hydrogen-bond acceptors (Lipinski definition) is 9. The SMILES string of the molecule is CC(C)(C)OC(=O)N[C@@H](Cc1ccc(O[C@H]2O[C@H](CO)[C@@H](O)[C@H](O)[C@@H]2O)cc1)C(=O)O. The summed E-state index contributed by atoms with van der Waals surface area (Å²) < 4.78 is 15.8. The lowest BCUT2D eigenvalue weighted by atomic mass is 9.99. The summed E-state index contributed by atoms with van der Waals surface area (Å²) in [4.78, 5) is 23.3. The predicted molar refractivity (Wildman–Crippen MR) is 105 cm³/mol. The molecule has 0 aromatic heterocycles. The van der Waals surface area contributed by atoms with E-state index in [1.807, 2.05) is 0 Å². The molecule has 1 saturated heterocycles. The van der Waals surface area contributed by atoms with Crippen molar-refractivity contribution in [1.82, 2.24) is 5.32 Å². The van der Waals surface area contributed by atoms with Crippen LogP contribution in [0.2, 0.25) is 0 Å². The molecular weight excluding hydrogens is 414 g/mol. The lowest BCUT2D eigenvalue weighted by Gasteiger charge is -2.39. The van der Waals surface area contributed by atoms with Crippen molar-refractivity contribution in [2.75, 3.05) is 6.61 Å². The number of amides is 1. The first-order valence-electron chi connectivity index (χ1n) is 9.69. The minimum Gasteiger partial charge on any atom is -0.480 e. The Morgan fingerprint density at radius 1 is 1.10 bits per heavy atom. The fraction of sp³-hybridized carbons (Fsp3) is 0.600. The molecule has 1 fully saturated rings. The third-order valence-corrected chi connectivity index (χ3v) is 4.45. The van der Waals surface area contributed by atoms with Gasteiger partial charge in [-0.25, -0.2) is 9.59 Å². The number of aliphatic carboxylic acids is 1. The number of carboxylic acid groups (broad SMARTS) is 1.